The van der Waals surface area contributed by atoms with E-state index in [0.29, 0.717) is 12.5 Å². The second-order valence-corrected chi connectivity index (χ2v) is 7.82. The quantitative estimate of drug-likeness (QED) is 0.600. The van der Waals surface area contributed by atoms with Crippen LogP contribution < -0.4 is 0 Å². The molecule has 0 aliphatic carbocycles. The first-order valence-corrected chi connectivity index (χ1v) is 9.94. The van der Waals surface area contributed by atoms with Crippen LogP contribution in [0.1, 0.15) is 38.0 Å². The van der Waals surface area contributed by atoms with Crippen molar-refractivity contribution >= 4 is 16.8 Å². The van der Waals surface area contributed by atoms with Crippen LogP contribution in [0, 0.1) is 0 Å². The van der Waals surface area contributed by atoms with Crippen molar-refractivity contribution in [2.45, 2.75) is 45.6 Å². The Morgan fingerprint density at radius 3 is 2.78 bits per heavy atom. The van der Waals surface area contributed by atoms with E-state index >= 15 is 0 Å². The third-order valence-corrected chi connectivity index (χ3v) is 5.62. The van der Waals surface area contributed by atoms with Gasteiger partial charge in [0.05, 0.1) is 0 Å². The van der Waals surface area contributed by atoms with Crippen LogP contribution in [0.15, 0.2) is 52.9 Å². The van der Waals surface area contributed by atoms with Gasteiger partial charge in [0.1, 0.15) is 17.1 Å². The molecule has 4 rings (SSSR count). The summed E-state index contributed by atoms with van der Waals surface area (Å²) >= 11 is 0. The first-order valence-electron chi connectivity index (χ1n) is 9.94. The molecule has 0 saturated carbocycles. The number of fused-ring (bicyclic) bond motifs is 1. The number of benzene rings is 2. The number of nitrogens with zero attached hydrogens (tertiary/aromatic N) is 1. The predicted octanol–water partition coefficient (Wildman–Crippen LogP) is 5.26. The molecule has 1 aliphatic rings. The molecule has 0 unspecified atom stereocenters. The lowest BCUT2D eigenvalue weighted by Crippen LogP contribution is -2.28. The van der Waals surface area contributed by atoms with Gasteiger partial charge in [-0.15, -0.1) is 0 Å². The third kappa shape index (κ3) is 4.14. The maximum Gasteiger partial charge on any atom is 0.134 e. The Bertz CT molecular complexity index is 956. The highest BCUT2D eigenvalue weighted by Crippen LogP contribution is 2.28. The Kier molecular flexibility index (Phi) is 5.13. The molecule has 1 aliphatic heterocycles. The molecule has 2 heterocycles. The molecule has 3 nitrogen and oxygen atoms in total. The van der Waals surface area contributed by atoms with Crippen LogP contribution in [0.2, 0.25) is 0 Å². The Morgan fingerprint density at radius 1 is 1.15 bits per heavy atom. The molecule has 1 atom stereocenters. The van der Waals surface area contributed by atoms with Crippen LogP contribution in [0.5, 0.6) is 0 Å². The van der Waals surface area contributed by atoms with Gasteiger partial charge >= 0.3 is 0 Å². The molecule has 1 aromatic heterocycles. The molecule has 0 amide bonds. The summed E-state index contributed by atoms with van der Waals surface area (Å²) in [7, 11) is 0. The lowest BCUT2D eigenvalue weighted by molar-refractivity contribution is -0.116. The highest BCUT2D eigenvalue weighted by atomic mass is 16.3. The number of rotatable bonds is 6. The summed E-state index contributed by atoms with van der Waals surface area (Å²) in [4.78, 5) is 14.0. The van der Waals surface area contributed by atoms with Crippen LogP contribution in [-0.4, -0.2) is 29.8 Å². The molecule has 140 valence electrons. The zero-order valence-corrected chi connectivity index (χ0v) is 16.2. The minimum atomic E-state index is 0.189. The molecule has 0 radical (unpaired) electrons. The van der Waals surface area contributed by atoms with Gasteiger partial charge < -0.3 is 9.32 Å². The highest BCUT2D eigenvalue weighted by Gasteiger charge is 2.20. The fourth-order valence-corrected chi connectivity index (χ4v) is 4.13. The number of likely N-dealkylation sites (tertiary alicyclic amines) is 1. The van der Waals surface area contributed by atoms with Crippen molar-refractivity contribution in [3.63, 3.8) is 0 Å². The third-order valence-electron chi connectivity index (χ3n) is 5.62. The fourth-order valence-electron chi connectivity index (χ4n) is 4.13. The maximum absolute atomic E-state index is 11.4. The number of carbonyl (C=O) groups excluding carboxylic acids is 1. The second-order valence-electron chi connectivity index (χ2n) is 7.82. The lowest BCUT2D eigenvalue weighted by atomic mass is 10.00. The minimum Gasteiger partial charge on any atom is -0.461 e. The number of hydrogen-bond donors (Lipinski definition) is 0. The van der Waals surface area contributed by atoms with Gasteiger partial charge in [-0.05, 0) is 68.1 Å². The number of carbonyl (C=O) groups is 1. The van der Waals surface area contributed by atoms with E-state index in [4.69, 9.17) is 4.42 Å². The minimum absolute atomic E-state index is 0.189. The van der Waals surface area contributed by atoms with Gasteiger partial charge in [0, 0.05) is 30.8 Å². The van der Waals surface area contributed by atoms with Gasteiger partial charge in [-0.3, -0.25) is 4.79 Å². The van der Waals surface area contributed by atoms with E-state index in [1.54, 1.807) is 6.92 Å². The molecule has 2 aromatic carbocycles. The lowest BCUT2D eigenvalue weighted by Gasteiger charge is -2.19. The molecule has 3 aromatic rings. The summed E-state index contributed by atoms with van der Waals surface area (Å²) in [6, 6.07) is 17.5. The summed E-state index contributed by atoms with van der Waals surface area (Å²) in [6.07, 6.45) is 4.07. The number of ketones is 1. The first kappa shape index (κ1) is 18.0. The van der Waals surface area contributed by atoms with Crippen molar-refractivity contribution in [2.24, 2.45) is 0 Å². The van der Waals surface area contributed by atoms with Gasteiger partial charge in [0.25, 0.3) is 0 Å². The van der Waals surface area contributed by atoms with Crippen LogP contribution in [-0.2, 0) is 17.6 Å². The second kappa shape index (κ2) is 7.69. The van der Waals surface area contributed by atoms with Crippen LogP contribution in [0.25, 0.3) is 22.1 Å². The normalized spacial score (nSPS) is 17.6. The summed E-state index contributed by atoms with van der Waals surface area (Å²) in [5.41, 5.74) is 4.31. The van der Waals surface area contributed by atoms with E-state index in [2.05, 4.69) is 48.2 Å². The monoisotopic (exact) mass is 361 g/mol. The number of hydrogen-bond acceptors (Lipinski definition) is 3. The summed E-state index contributed by atoms with van der Waals surface area (Å²) in [5.74, 6) is 1.25. The van der Waals surface area contributed by atoms with Crippen molar-refractivity contribution in [1.82, 2.24) is 4.90 Å². The first-order chi connectivity index (χ1) is 13.1. The van der Waals surface area contributed by atoms with Crippen LogP contribution in [0.3, 0.4) is 0 Å². The van der Waals surface area contributed by atoms with Gasteiger partial charge in [-0.2, -0.15) is 0 Å². The Balaban J connectivity index is 1.53. The van der Waals surface area contributed by atoms with E-state index in [1.807, 2.05) is 12.1 Å². The Morgan fingerprint density at radius 2 is 2.00 bits per heavy atom. The van der Waals surface area contributed by atoms with E-state index < -0.39 is 0 Å². The Hall–Kier alpha value is -2.39. The smallest absolute Gasteiger partial charge is 0.134 e. The topological polar surface area (TPSA) is 33.5 Å². The van der Waals surface area contributed by atoms with E-state index in [1.165, 1.54) is 19.4 Å². The highest BCUT2D eigenvalue weighted by molar-refractivity contribution is 5.84. The fraction of sp³-hybridized carbons (Fsp3) is 0.375. The Labute approximate surface area is 161 Å². The summed E-state index contributed by atoms with van der Waals surface area (Å²) in [5, 5.41) is 1.15. The molecule has 27 heavy (non-hydrogen) atoms. The zero-order chi connectivity index (χ0) is 18.8. The summed E-state index contributed by atoms with van der Waals surface area (Å²) < 4.78 is 6.06. The average molecular weight is 361 g/mol. The van der Waals surface area contributed by atoms with Crippen LogP contribution in [0.4, 0.5) is 0 Å². The van der Waals surface area contributed by atoms with Crippen molar-refractivity contribution < 1.29 is 9.21 Å². The van der Waals surface area contributed by atoms with Crippen molar-refractivity contribution in [3.05, 3.63) is 59.9 Å². The van der Waals surface area contributed by atoms with Gasteiger partial charge in [0.2, 0.25) is 0 Å². The molecule has 1 fully saturated rings. The number of furan rings is 1. The maximum atomic E-state index is 11.4. The number of Topliss-reactive ketones (excluding diaryl/α,β-unsaturated/α-hetero) is 1. The predicted molar refractivity (Wildman–Crippen MR) is 110 cm³/mol. The van der Waals surface area contributed by atoms with E-state index in [9.17, 15) is 4.79 Å². The largest absolute Gasteiger partial charge is 0.461 e. The molecule has 3 heteroatoms. The van der Waals surface area contributed by atoms with Crippen molar-refractivity contribution in [1.29, 1.82) is 0 Å². The van der Waals surface area contributed by atoms with Crippen LogP contribution >= 0.6 is 0 Å². The van der Waals surface area contributed by atoms with Gasteiger partial charge in [0.15, 0.2) is 0 Å². The zero-order valence-electron chi connectivity index (χ0n) is 16.2. The molecule has 1 saturated heterocycles. The molecule has 0 N–H and O–H groups in total. The van der Waals surface area contributed by atoms with Crippen molar-refractivity contribution in [2.75, 3.05) is 13.1 Å². The molecule has 0 bridgehead atoms. The van der Waals surface area contributed by atoms with E-state index in [-0.39, 0.29) is 5.78 Å². The molecular formula is C24H27NO2. The van der Waals surface area contributed by atoms with Gasteiger partial charge in [-0.1, -0.05) is 30.3 Å². The van der Waals surface area contributed by atoms with E-state index in [0.717, 1.165) is 46.4 Å². The average Bonchev–Trinajstić information content (AvgIpc) is 3.24. The van der Waals surface area contributed by atoms with Crippen molar-refractivity contribution in [3.8, 4) is 11.1 Å². The van der Waals surface area contributed by atoms with Gasteiger partial charge in [-0.25, -0.2) is 0 Å². The molecular weight excluding hydrogens is 334 g/mol. The molecule has 0 spiro atoms. The SMILES string of the molecule is CC(=O)Cc1cccc(-c2ccc3oc(CCN4CCC[C@H]4C)cc3c2)c1. The summed E-state index contributed by atoms with van der Waals surface area (Å²) in [6.45, 7) is 6.23. The standard InChI is InChI=1S/C24H27NO2/c1-17-5-4-11-25(17)12-10-23-16-22-15-21(8-9-24(22)27-23)20-7-3-6-19(14-20)13-18(2)26/h3,6-9,14-17H,4-5,10-13H2,1-2H3/t17-/m1/s1.